The van der Waals surface area contributed by atoms with E-state index in [1.165, 1.54) is 7.11 Å². The van der Waals surface area contributed by atoms with Crippen LogP contribution in [0.4, 0.5) is 7.77 Å². The predicted octanol–water partition coefficient (Wildman–Crippen LogP) is 0.740. The summed E-state index contributed by atoms with van der Waals surface area (Å²) in [7, 11) is -4.29. The van der Waals surface area contributed by atoms with Gasteiger partial charge in [-0.1, -0.05) is 14.7 Å². The molecule has 0 amide bonds. The Morgan fingerprint density at radius 2 is 1.73 bits per heavy atom. The topological polar surface area (TPSA) is 60.4 Å². The molecule has 0 radical (unpaired) electrons. The average Bonchev–Trinajstić information content (AvgIpc) is 1.83. The maximum absolute atomic E-state index is 9.99. The molecule has 0 aliphatic rings. The number of carbonyl (C=O) groups excluding carboxylic acids is 1. The van der Waals surface area contributed by atoms with E-state index in [4.69, 9.17) is 8.42 Å². The summed E-state index contributed by atoms with van der Waals surface area (Å²) in [6.45, 7) is 1.76. The number of esters is 1. The molecule has 0 bridgehead atoms. The molecule has 0 aliphatic heterocycles. The van der Waals surface area contributed by atoms with Crippen LogP contribution in [0.5, 0.6) is 0 Å². The second-order valence-electron chi connectivity index (χ2n) is 1.31. The maximum Gasteiger partial charge on any atom is 0.476 e. The van der Waals surface area contributed by atoms with Crippen LogP contribution < -0.4 is 0 Å². The zero-order chi connectivity index (χ0) is 9.49. The number of ether oxygens (including phenoxy) is 1. The summed E-state index contributed by atoms with van der Waals surface area (Å²) in [5.41, 5.74) is 0. The van der Waals surface area contributed by atoms with Crippen molar-refractivity contribution in [2.24, 2.45) is 0 Å². The lowest BCUT2D eigenvalue weighted by atomic mass is 10.5. The predicted molar refractivity (Wildman–Crippen MR) is 33.4 cm³/mol. The summed E-state index contributed by atoms with van der Waals surface area (Å²) in [5, 5.41) is 0. The Balaban J connectivity index is 0. The van der Waals surface area contributed by atoms with Crippen molar-refractivity contribution in [3.63, 3.8) is 0 Å². The summed E-state index contributed by atoms with van der Waals surface area (Å²) in [6, 6.07) is 0. The highest BCUT2D eigenvalue weighted by Crippen LogP contribution is 1.85. The molecule has 0 saturated heterocycles. The molecule has 0 saturated carbocycles. The van der Waals surface area contributed by atoms with Crippen molar-refractivity contribution in [1.29, 1.82) is 0 Å². The summed E-state index contributed by atoms with van der Waals surface area (Å²) in [4.78, 5) is 9.96. The highest BCUT2D eigenvalue weighted by Gasteiger charge is 1.94. The highest BCUT2D eigenvalue weighted by atomic mass is 32.3. The molecule has 0 aliphatic carbocycles. The third-order valence-electron chi connectivity index (χ3n) is 0.516. The van der Waals surface area contributed by atoms with Crippen LogP contribution >= 0.6 is 0 Å². The van der Waals surface area contributed by atoms with Crippen molar-refractivity contribution in [3.05, 3.63) is 0 Å². The Bertz CT molecular complexity index is 184. The third kappa shape index (κ3) is 45.7. The van der Waals surface area contributed by atoms with Crippen LogP contribution in [0.3, 0.4) is 0 Å². The molecule has 0 aromatic rings. The maximum atomic E-state index is 9.99. The number of rotatable bonds is 1. The molecule has 68 valence electrons. The minimum Gasteiger partial charge on any atom is -0.469 e. The number of methoxy groups -OCH3 is 1. The van der Waals surface area contributed by atoms with E-state index < -0.39 is 10.6 Å². The SMILES string of the molecule is CCC(=O)OC.O=S(=O)(F)F. The van der Waals surface area contributed by atoms with Gasteiger partial charge in [0.25, 0.3) is 0 Å². The van der Waals surface area contributed by atoms with E-state index in [1.807, 2.05) is 0 Å². The van der Waals surface area contributed by atoms with Gasteiger partial charge in [0, 0.05) is 6.42 Å². The highest BCUT2D eigenvalue weighted by molar-refractivity contribution is 7.81. The van der Waals surface area contributed by atoms with E-state index in [-0.39, 0.29) is 5.97 Å². The first-order valence-electron chi connectivity index (χ1n) is 2.52. The minimum absolute atomic E-state index is 0.157. The molecular formula is C4H8F2O4S. The summed E-state index contributed by atoms with van der Waals surface area (Å²) in [6.07, 6.45) is 0.469. The van der Waals surface area contributed by atoms with Crippen molar-refractivity contribution in [2.75, 3.05) is 7.11 Å². The Labute approximate surface area is 63.7 Å². The average molecular weight is 190 g/mol. The normalized spacial score (nSPS) is 9.45. The molecule has 0 unspecified atom stereocenters. The third-order valence-corrected chi connectivity index (χ3v) is 0.516. The zero-order valence-corrected chi connectivity index (χ0v) is 6.82. The van der Waals surface area contributed by atoms with Crippen molar-refractivity contribution < 1.29 is 25.7 Å². The molecule has 7 heteroatoms. The van der Waals surface area contributed by atoms with Gasteiger partial charge in [0.1, 0.15) is 0 Å². The van der Waals surface area contributed by atoms with Gasteiger partial charge in [-0.05, 0) is 0 Å². The Kier molecular flexibility index (Phi) is 7.07. The van der Waals surface area contributed by atoms with Crippen LogP contribution in [0.1, 0.15) is 13.3 Å². The molecule has 0 rings (SSSR count). The van der Waals surface area contributed by atoms with Crippen molar-refractivity contribution in [1.82, 2.24) is 0 Å². The van der Waals surface area contributed by atoms with Crippen LogP contribution in [0, 0.1) is 0 Å². The van der Waals surface area contributed by atoms with Crippen LogP contribution in [0.2, 0.25) is 0 Å². The molecule has 0 aromatic carbocycles. The summed E-state index contributed by atoms with van der Waals surface area (Å²) < 4.78 is 40.8. The first kappa shape index (κ1) is 12.9. The van der Waals surface area contributed by atoms with E-state index in [1.54, 1.807) is 6.92 Å². The molecule has 0 N–H and O–H groups in total. The number of hydrogen-bond donors (Lipinski definition) is 0. The van der Waals surface area contributed by atoms with E-state index >= 15 is 0 Å². The van der Waals surface area contributed by atoms with Gasteiger partial charge in [-0.25, -0.2) is 0 Å². The summed E-state index contributed by atoms with van der Waals surface area (Å²) in [5.74, 6) is -0.157. The standard InChI is InChI=1S/C4H8O2.F2O2S/c1-3-4(5)6-2;1-5(2,3)4/h3H2,1-2H3;. The van der Waals surface area contributed by atoms with Gasteiger partial charge in [0.2, 0.25) is 0 Å². The monoisotopic (exact) mass is 190 g/mol. The minimum atomic E-state index is -5.67. The van der Waals surface area contributed by atoms with Gasteiger partial charge in [-0.2, -0.15) is 8.42 Å². The molecule has 0 aromatic heterocycles. The van der Waals surface area contributed by atoms with Gasteiger partial charge in [0.15, 0.2) is 0 Å². The van der Waals surface area contributed by atoms with Crippen molar-refractivity contribution in [2.45, 2.75) is 13.3 Å². The number of halogens is 2. The number of carbonyl (C=O) groups is 1. The first-order chi connectivity index (χ1) is 4.81. The smallest absolute Gasteiger partial charge is 0.469 e. The van der Waals surface area contributed by atoms with Gasteiger partial charge >= 0.3 is 16.6 Å². The molecule has 11 heavy (non-hydrogen) atoms. The van der Waals surface area contributed by atoms with Crippen LogP contribution in [-0.4, -0.2) is 21.5 Å². The van der Waals surface area contributed by atoms with Crippen LogP contribution in [0.25, 0.3) is 0 Å². The second kappa shape index (κ2) is 6.02. The summed E-state index contributed by atoms with van der Waals surface area (Å²) >= 11 is 0. The molecule has 4 nitrogen and oxygen atoms in total. The second-order valence-corrected chi connectivity index (χ2v) is 2.06. The fourth-order valence-electron chi connectivity index (χ4n) is 0.144. The van der Waals surface area contributed by atoms with Gasteiger partial charge in [0.05, 0.1) is 7.11 Å². The Morgan fingerprint density at radius 1 is 1.45 bits per heavy atom. The lowest BCUT2D eigenvalue weighted by molar-refractivity contribution is -0.140. The van der Waals surface area contributed by atoms with E-state index in [2.05, 4.69) is 4.74 Å². The van der Waals surface area contributed by atoms with Gasteiger partial charge in [-0.3, -0.25) is 4.79 Å². The Morgan fingerprint density at radius 3 is 1.73 bits per heavy atom. The largest absolute Gasteiger partial charge is 0.476 e. The fourth-order valence-corrected chi connectivity index (χ4v) is 0.144. The van der Waals surface area contributed by atoms with Gasteiger partial charge < -0.3 is 4.74 Å². The van der Waals surface area contributed by atoms with E-state index in [9.17, 15) is 12.6 Å². The Hall–Kier alpha value is -0.720. The lowest BCUT2D eigenvalue weighted by Gasteiger charge is -1.87. The van der Waals surface area contributed by atoms with E-state index in [0.29, 0.717) is 6.42 Å². The first-order valence-corrected chi connectivity index (χ1v) is 3.80. The van der Waals surface area contributed by atoms with Crippen molar-refractivity contribution >= 4 is 16.6 Å². The van der Waals surface area contributed by atoms with Gasteiger partial charge in [-0.15, -0.1) is 0 Å². The van der Waals surface area contributed by atoms with Crippen molar-refractivity contribution in [3.8, 4) is 0 Å². The van der Waals surface area contributed by atoms with Crippen LogP contribution in [-0.2, 0) is 20.1 Å². The molecule has 0 spiro atoms. The van der Waals surface area contributed by atoms with Crippen LogP contribution in [0.15, 0.2) is 0 Å². The fraction of sp³-hybridized carbons (Fsp3) is 0.750. The molecule has 0 heterocycles. The molecular weight excluding hydrogens is 182 g/mol. The molecule has 0 atom stereocenters. The lowest BCUT2D eigenvalue weighted by Crippen LogP contribution is -1.94. The van der Waals surface area contributed by atoms with E-state index in [0.717, 1.165) is 0 Å². The zero-order valence-electron chi connectivity index (χ0n) is 6.00. The molecule has 0 fully saturated rings. The quantitative estimate of drug-likeness (QED) is 0.452. The number of hydrogen-bond acceptors (Lipinski definition) is 4.